The predicted molar refractivity (Wildman–Crippen MR) is 97.2 cm³/mol. The first-order valence-electron chi connectivity index (χ1n) is 7.67. The average molecular weight is 393 g/mol. The summed E-state index contributed by atoms with van der Waals surface area (Å²) in [5.41, 5.74) is 1.21. The van der Waals surface area contributed by atoms with E-state index in [2.05, 4.69) is 26.8 Å². The van der Waals surface area contributed by atoms with Gasteiger partial charge in [-0.05, 0) is 31.6 Å². The fourth-order valence-electron chi connectivity index (χ4n) is 1.88. The van der Waals surface area contributed by atoms with Crippen LogP contribution in [0.4, 0.5) is 10.7 Å². The Balaban J connectivity index is 2.18. The highest BCUT2D eigenvalue weighted by atomic mass is 32.2. The molecule has 0 fully saturated rings. The Hall–Kier alpha value is -3.21. The topological polar surface area (TPSA) is 132 Å². The van der Waals surface area contributed by atoms with Gasteiger partial charge in [-0.15, -0.1) is 0 Å². The highest BCUT2D eigenvalue weighted by molar-refractivity contribution is 7.90. The summed E-state index contributed by atoms with van der Waals surface area (Å²) in [7, 11) is -2.84. The zero-order chi connectivity index (χ0) is 20.0. The van der Waals surface area contributed by atoms with Crippen LogP contribution in [0.25, 0.3) is 0 Å². The maximum atomic E-state index is 12.5. The lowest BCUT2D eigenvalue weighted by atomic mass is 10.4. The number of carbonyl (C=O) groups is 1. The van der Waals surface area contributed by atoms with E-state index in [0.717, 1.165) is 0 Å². The number of sulfonamides is 1. The van der Waals surface area contributed by atoms with Gasteiger partial charge in [-0.3, -0.25) is 5.32 Å². The molecule has 0 aliphatic carbocycles. The maximum absolute atomic E-state index is 12.5. The van der Waals surface area contributed by atoms with Crippen molar-refractivity contribution in [2.75, 3.05) is 19.0 Å². The quantitative estimate of drug-likeness (QED) is 0.679. The monoisotopic (exact) mass is 393 g/mol. The Kier molecular flexibility index (Phi) is 6.29. The van der Waals surface area contributed by atoms with E-state index in [1.165, 1.54) is 25.4 Å². The Morgan fingerprint density at radius 2 is 2.07 bits per heavy atom. The van der Waals surface area contributed by atoms with Crippen molar-refractivity contribution in [2.24, 2.45) is 0 Å². The number of rotatable bonds is 7. The standard InChI is InChI=1S/C16H19N5O5S/c1-10(2)9-26-14-12(6-5-7-17-14)27(23,24)21-16(22)20-15-18-11(3)8-13(19-15)25-4/h5-8H,1,9H2,2-4H3,(H2,18,19,20,21,22). The predicted octanol–water partition coefficient (Wildman–Crippen LogP) is 1.65. The number of anilines is 1. The lowest BCUT2D eigenvalue weighted by molar-refractivity contribution is 0.256. The second kappa shape index (κ2) is 8.45. The Labute approximate surface area is 156 Å². The Morgan fingerprint density at radius 3 is 2.74 bits per heavy atom. The van der Waals surface area contributed by atoms with Gasteiger partial charge >= 0.3 is 6.03 Å². The molecule has 2 aromatic heterocycles. The van der Waals surface area contributed by atoms with Crippen LogP contribution in [0, 0.1) is 6.92 Å². The minimum atomic E-state index is -4.25. The van der Waals surface area contributed by atoms with E-state index in [4.69, 9.17) is 9.47 Å². The number of nitrogens with zero attached hydrogens (tertiary/aromatic N) is 3. The van der Waals surface area contributed by atoms with Gasteiger partial charge in [0.05, 0.1) is 7.11 Å². The number of hydrogen-bond acceptors (Lipinski definition) is 8. The third-order valence-electron chi connectivity index (χ3n) is 2.97. The zero-order valence-corrected chi connectivity index (χ0v) is 15.8. The molecule has 0 unspecified atom stereocenters. The lowest BCUT2D eigenvalue weighted by Gasteiger charge is -2.12. The van der Waals surface area contributed by atoms with Gasteiger partial charge < -0.3 is 9.47 Å². The molecule has 2 heterocycles. The van der Waals surface area contributed by atoms with E-state index in [1.807, 2.05) is 4.72 Å². The number of aryl methyl sites for hydroxylation is 1. The molecule has 0 spiro atoms. The van der Waals surface area contributed by atoms with Gasteiger partial charge in [-0.1, -0.05) is 6.58 Å². The van der Waals surface area contributed by atoms with Crippen LogP contribution in [0.2, 0.25) is 0 Å². The molecular formula is C16H19N5O5S. The Morgan fingerprint density at radius 1 is 1.33 bits per heavy atom. The van der Waals surface area contributed by atoms with Crippen LogP contribution >= 0.6 is 0 Å². The molecule has 144 valence electrons. The number of nitrogens with one attached hydrogen (secondary N) is 2. The molecular weight excluding hydrogens is 374 g/mol. The molecule has 2 aromatic rings. The van der Waals surface area contributed by atoms with E-state index < -0.39 is 16.1 Å². The minimum absolute atomic E-state index is 0.0860. The third-order valence-corrected chi connectivity index (χ3v) is 4.32. The van der Waals surface area contributed by atoms with E-state index in [9.17, 15) is 13.2 Å². The summed E-state index contributed by atoms with van der Waals surface area (Å²) in [6, 6.07) is 3.19. The number of pyridine rings is 1. The first kappa shape index (κ1) is 20.1. The van der Waals surface area contributed by atoms with Gasteiger partial charge in [0.1, 0.15) is 11.5 Å². The average Bonchev–Trinajstić information content (AvgIpc) is 2.59. The maximum Gasteiger partial charge on any atom is 0.335 e. The van der Waals surface area contributed by atoms with Crippen molar-refractivity contribution in [2.45, 2.75) is 18.7 Å². The number of methoxy groups -OCH3 is 1. The van der Waals surface area contributed by atoms with Crippen molar-refractivity contribution in [3.05, 3.63) is 42.2 Å². The number of ether oxygens (including phenoxy) is 2. The Bertz CT molecular complexity index is 961. The minimum Gasteiger partial charge on any atom is -0.481 e. The molecule has 2 rings (SSSR count). The van der Waals surface area contributed by atoms with Crippen molar-refractivity contribution in [1.29, 1.82) is 0 Å². The zero-order valence-electron chi connectivity index (χ0n) is 15.0. The molecule has 0 bridgehead atoms. The number of urea groups is 1. The lowest BCUT2D eigenvalue weighted by Crippen LogP contribution is -2.35. The third kappa shape index (κ3) is 5.64. The molecule has 0 aliphatic rings. The van der Waals surface area contributed by atoms with Crippen LogP contribution in [0.1, 0.15) is 12.6 Å². The molecule has 0 saturated carbocycles. The molecule has 0 aliphatic heterocycles. The summed E-state index contributed by atoms with van der Waals surface area (Å²) in [5, 5.41) is 2.25. The molecule has 0 atom stereocenters. The van der Waals surface area contributed by atoms with Crippen LogP contribution in [0.3, 0.4) is 0 Å². The van der Waals surface area contributed by atoms with Gasteiger partial charge in [0.2, 0.25) is 17.7 Å². The molecule has 2 N–H and O–H groups in total. The van der Waals surface area contributed by atoms with Crippen molar-refractivity contribution in [3.8, 4) is 11.8 Å². The van der Waals surface area contributed by atoms with E-state index in [-0.39, 0.29) is 29.2 Å². The SMILES string of the molecule is C=C(C)COc1ncccc1S(=O)(=O)NC(=O)Nc1nc(C)cc(OC)n1. The van der Waals surface area contributed by atoms with Gasteiger partial charge in [-0.2, -0.15) is 4.98 Å². The molecule has 0 saturated heterocycles. The number of amides is 2. The van der Waals surface area contributed by atoms with Crippen LogP contribution in [-0.4, -0.2) is 43.1 Å². The highest BCUT2D eigenvalue weighted by Gasteiger charge is 2.23. The largest absolute Gasteiger partial charge is 0.481 e. The second-order valence-electron chi connectivity index (χ2n) is 5.49. The van der Waals surface area contributed by atoms with Crippen LogP contribution in [0.15, 0.2) is 41.4 Å². The normalized spacial score (nSPS) is 10.8. The first-order chi connectivity index (χ1) is 12.7. The smallest absolute Gasteiger partial charge is 0.335 e. The van der Waals surface area contributed by atoms with Gasteiger partial charge in [0.25, 0.3) is 10.0 Å². The van der Waals surface area contributed by atoms with Gasteiger partial charge in [0.15, 0.2) is 0 Å². The van der Waals surface area contributed by atoms with E-state index >= 15 is 0 Å². The highest BCUT2D eigenvalue weighted by Crippen LogP contribution is 2.21. The molecule has 27 heavy (non-hydrogen) atoms. The molecule has 0 aromatic carbocycles. The number of carbonyl (C=O) groups excluding carboxylic acids is 1. The number of hydrogen-bond donors (Lipinski definition) is 2. The summed E-state index contributed by atoms with van der Waals surface area (Å²) in [6.45, 7) is 7.15. The van der Waals surface area contributed by atoms with E-state index in [0.29, 0.717) is 11.3 Å². The van der Waals surface area contributed by atoms with Gasteiger partial charge in [0, 0.05) is 18.0 Å². The van der Waals surface area contributed by atoms with Gasteiger partial charge in [-0.25, -0.2) is 27.9 Å². The summed E-state index contributed by atoms with van der Waals surface area (Å²) >= 11 is 0. The summed E-state index contributed by atoms with van der Waals surface area (Å²) in [5.74, 6) is -0.0258. The fourth-order valence-corrected chi connectivity index (χ4v) is 2.89. The molecule has 2 amide bonds. The van der Waals surface area contributed by atoms with Crippen molar-refractivity contribution < 1.29 is 22.7 Å². The molecule has 10 nitrogen and oxygen atoms in total. The molecule has 11 heteroatoms. The van der Waals surface area contributed by atoms with E-state index in [1.54, 1.807) is 19.9 Å². The second-order valence-corrected chi connectivity index (χ2v) is 7.14. The van der Waals surface area contributed by atoms with Crippen LogP contribution < -0.4 is 19.5 Å². The summed E-state index contributed by atoms with van der Waals surface area (Å²) in [6.07, 6.45) is 1.37. The summed E-state index contributed by atoms with van der Waals surface area (Å²) in [4.78, 5) is 23.6. The van der Waals surface area contributed by atoms with Crippen LogP contribution in [0.5, 0.6) is 11.8 Å². The first-order valence-corrected chi connectivity index (χ1v) is 9.15. The van der Waals surface area contributed by atoms with Crippen molar-refractivity contribution >= 4 is 22.0 Å². The molecule has 0 radical (unpaired) electrons. The van der Waals surface area contributed by atoms with Crippen molar-refractivity contribution in [1.82, 2.24) is 19.7 Å². The number of aromatic nitrogens is 3. The fraction of sp³-hybridized carbons (Fsp3) is 0.250. The van der Waals surface area contributed by atoms with Crippen LogP contribution in [-0.2, 0) is 10.0 Å². The summed E-state index contributed by atoms with van der Waals surface area (Å²) < 4.78 is 37.2. The van der Waals surface area contributed by atoms with Crippen molar-refractivity contribution in [3.63, 3.8) is 0 Å².